The van der Waals surface area contributed by atoms with Crippen LogP contribution < -0.4 is 14.8 Å². The van der Waals surface area contributed by atoms with Gasteiger partial charge in [0.25, 0.3) is 15.9 Å². The van der Waals surface area contributed by atoms with Crippen LogP contribution in [0.3, 0.4) is 0 Å². The van der Waals surface area contributed by atoms with Crippen LogP contribution in [0.4, 0.5) is 24.5 Å². The maximum atomic E-state index is 12.4. The fourth-order valence-electron chi connectivity index (χ4n) is 2.10. The molecule has 0 aliphatic rings. The molecular weight excluding hydrogens is 435 g/mol. The smallest absolute Gasteiger partial charge is 0.343 e. The van der Waals surface area contributed by atoms with Crippen molar-refractivity contribution in [3.8, 4) is 0 Å². The lowest BCUT2D eigenvalue weighted by Crippen LogP contribution is -2.33. The van der Waals surface area contributed by atoms with Gasteiger partial charge in [0.1, 0.15) is 6.54 Å². The Kier molecular flexibility index (Phi) is 6.43. The number of nitrogens with one attached hydrogen (secondary N) is 3. The summed E-state index contributed by atoms with van der Waals surface area (Å²) in [5.74, 6) is -0.992. The first kappa shape index (κ1) is 22.5. The van der Waals surface area contributed by atoms with Crippen molar-refractivity contribution in [1.29, 1.82) is 0 Å². The molecule has 0 bridgehead atoms. The van der Waals surface area contributed by atoms with Crippen LogP contribution in [0.1, 0.15) is 10.4 Å². The first-order valence-corrected chi connectivity index (χ1v) is 11.2. The Balaban J connectivity index is 2.08. The monoisotopic (exact) mass is 451 g/mol. The van der Waals surface area contributed by atoms with Gasteiger partial charge in [0.15, 0.2) is 0 Å². The molecule has 2 aromatic rings. The van der Waals surface area contributed by atoms with Gasteiger partial charge in [-0.15, -0.1) is 0 Å². The first-order chi connectivity index (χ1) is 13.3. The number of carbonyl (C=O) groups is 1. The van der Waals surface area contributed by atoms with Gasteiger partial charge >= 0.3 is 6.18 Å². The number of halogens is 3. The number of rotatable bonds is 7. The number of benzene rings is 2. The molecule has 0 saturated heterocycles. The number of anilines is 2. The molecule has 0 aliphatic carbocycles. The van der Waals surface area contributed by atoms with Crippen LogP contribution in [0.5, 0.6) is 0 Å². The highest BCUT2D eigenvalue weighted by atomic mass is 32.2. The van der Waals surface area contributed by atoms with Crippen LogP contribution in [0.25, 0.3) is 0 Å². The second kappa shape index (κ2) is 8.29. The SMILES string of the molecule is CS(=O)(=O)Nc1ccc(NS(=O)(=O)c2ccc(C(=O)NCC(F)(F)F)cc2)cc1. The summed E-state index contributed by atoms with van der Waals surface area (Å²) in [6.45, 7) is -1.50. The summed E-state index contributed by atoms with van der Waals surface area (Å²) in [5, 5.41) is 1.68. The maximum absolute atomic E-state index is 12.4. The van der Waals surface area contributed by atoms with Gasteiger partial charge in [0.05, 0.1) is 11.2 Å². The standard InChI is InChI=1S/C16H16F3N3O5S2/c1-28(24,25)21-12-4-6-13(7-5-12)22-29(26,27)14-8-2-11(3-9-14)15(23)20-10-16(17,18)19/h2-9,21-22H,10H2,1H3,(H,20,23). The Morgan fingerprint density at radius 3 is 1.79 bits per heavy atom. The third kappa shape index (κ3) is 7.27. The lowest BCUT2D eigenvalue weighted by Gasteiger charge is -2.11. The molecule has 1 amide bonds. The highest BCUT2D eigenvalue weighted by Crippen LogP contribution is 2.19. The van der Waals surface area contributed by atoms with Gasteiger partial charge in [0, 0.05) is 16.9 Å². The summed E-state index contributed by atoms with van der Waals surface area (Å²) >= 11 is 0. The zero-order chi connectivity index (χ0) is 21.9. The van der Waals surface area contributed by atoms with E-state index in [0.29, 0.717) is 0 Å². The third-order valence-corrected chi connectivity index (χ3v) is 5.32. The van der Waals surface area contributed by atoms with Crippen molar-refractivity contribution in [2.45, 2.75) is 11.1 Å². The molecule has 0 aromatic heterocycles. The highest BCUT2D eigenvalue weighted by Gasteiger charge is 2.28. The number of hydrogen-bond acceptors (Lipinski definition) is 5. The van der Waals surface area contributed by atoms with E-state index in [1.54, 1.807) is 5.32 Å². The number of amides is 1. The van der Waals surface area contributed by atoms with E-state index < -0.39 is 38.7 Å². The van der Waals surface area contributed by atoms with E-state index in [-0.39, 0.29) is 21.8 Å². The molecule has 2 rings (SSSR count). The van der Waals surface area contributed by atoms with Crippen LogP contribution in [0.2, 0.25) is 0 Å². The summed E-state index contributed by atoms with van der Waals surface area (Å²) in [5.41, 5.74) is 0.255. The molecular formula is C16H16F3N3O5S2. The topological polar surface area (TPSA) is 121 Å². The van der Waals surface area contributed by atoms with Crippen LogP contribution in [0.15, 0.2) is 53.4 Å². The molecule has 8 nitrogen and oxygen atoms in total. The fraction of sp³-hybridized carbons (Fsp3) is 0.188. The quantitative estimate of drug-likeness (QED) is 0.596. The first-order valence-electron chi connectivity index (χ1n) is 7.81. The van der Waals surface area contributed by atoms with E-state index in [2.05, 4.69) is 9.44 Å². The molecule has 0 aliphatic heterocycles. The van der Waals surface area contributed by atoms with Gasteiger partial charge in [0.2, 0.25) is 10.0 Å². The maximum Gasteiger partial charge on any atom is 0.405 e. The summed E-state index contributed by atoms with van der Waals surface area (Å²) < 4.78 is 88.0. The summed E-state index contributed by atoms with van der Waals surface area (Å²) in [6.07, 6.45) is -3.59. The van der Waals surface area contributed by atoms with Crippen molar-refractivity contribution in [3.63, 3.8) is 0 Å². The molecule has 0 fully saturated rings. The van der Waals surface area contributed by atoms with Crippen molar-refractivity contribution in [2.75, 3.05) is 22.2 Å². The van der Waals surface area contributed by atoms with Crippen molar-refractivity contribution >= 4 is 37.3 Å². The molecule has 0 unspecified atom stereocenters. The summed E-state index contributed by atoms with van der Waals surface area (Å²) in [4.78, 5) is 11.4. The highest BCUT2D eigenvalue weighted by molar-refractivity contribution is 7.92. The van der Waals surface area contributed by atoms with Crippen molar-refractivity contribution in [1.82, 2.24) is 5.32 Å². The zero-order valence-electron chi connectivity index (χ0n) is 14.8. The van der Waals surface area contributed by atoms with Crippen LogP contribution >= 0.6 is 0 Å². The van der Waals surface area contributed by atoms with Gasteiger partial charge in [-0.05, 0) is 48.5 Å². The molecule has 0 atom stereocenters. The van der Waals surface area contributed by atoms with Gasteiger partial charge in [-0.25, -0.2) is 16.8 Å². The fourth-order valence-corrected chi connectivity index (χ4v) is 3.73. The Morgan fingerprint density at radius 1 is 0.862 bits per heavy atom. The number of carbonyl (C=O) groups excluding carboxylic acids is 1. The summed E-state index contributed by atoms with van der Waals surface area (Å²) in [7, 11) is -7.52. The van der Waals surface area contributed by atoms with Crippen molar-refractivity contribution in [2.24, 2.45) is 0 Å². The minimum Gasteiger partial charge on any atom is -0.343 e. The van der Waals surface area contributed by atoms with Gasteiger partial charge < -0.3 is 5.32 Å². The Morgan fingerprint density at radius 2 is 1.34 bits per heavy atom. The van der Waals surface area contributed by atoms with Gasteiger partial charge in [-0.3, -0.25) is 14.2 Å². The second-order valence-corrected chi connectivity index (χ2v) is 9.31. The van der Waals surface area contributed by atoms with E-state index >= 15 is 0 Å². The van der Waals surface area contributed by atoms with Crippen molar-refractivity contribution in [3.05, 3.63) is 54.1 Å². The molecule has 0 radical (unpaired) electrons. The average Bonchev–Trinajstić information content (AvgIpc) is 2.59. The normalized spacial score (nSPS) is 12.3. The minimum atomic E-state index is -4.56. The molecule has 0 heterocycles. The second-order valence-electron chi connectivity index (χ2n) is 5.88. The van der Waals surface area contributed by atoms with Crippen LogP contribution in [-0.2, 0) is 20.0 Å². The molecule has 3 N–H and O–H groups in total. The van der Waals surface area contributed by atoms with Gasteiger partial charge in [-0.1, -0.05) is 0 Å². The minimum absolute atomic E-state index is 0.135. The lowest BCUT2D eigenvalue weighted by atomic mass is 10.2. The third-order valence-electron chi connectivity index (χ3n) is 3.32. The largest absolute Gasteiger partial charge is 0.405 e. The molecule has 29 heavy (non-hydrogen) atoms. The molecule has 158 valence electrons. The Hall–Kier alpha value is -2.80. The molecule has 0 spiro atoms. The predicted octanol–water partition coefficient (Wildman–Crippen LogP) is 2.15. The number of alkyl halides is 3. The van der Waals surface area contributed by atoms with Crippen LogP contribution in [0, 0.1) is 0 Å². The average molecular weight is 451 g/mol. The Labute approximate surface area is 165 Å². The number of sulfonamides is 2. The van der Waals surface area contributed by atoms with Crippen molar-refractivity contribution < 1.29 is 34.8 Å². The van der Waals surface area contributed by atoms with E-state index in [1.807, 2.05) is 0 Å². The number of hydrogen-bond donors (Lipinski definition) is 3. The van der Waals surface area contributed by atoms with E-state index in [4.69, 9.17) is 0 Å². The summed E-state index contributed by atoms with van der Waals surface area (Å²) in [6, 6.07) is 9.70. The molecule has 13 heteroatoms. The van der Waals surface area contributed by atoms with E-state index in [9.17, 15) is 34.8 Å². The van der Waals surface area contributed by atoms with E-state index in [1.165, 1.54) is 24.3 Å². The lowest BCUT2D eigenvalue weighted by molar-refractivity contribution is -0.123. The van der Waals surface area contributed by atoms with Gasteiger partial charge in [-0.2, -0.15) is 13.2 Å². The predicted molar refractivity (Wildman–Crippen MR) is 101 cm³/mol. The van der Waals surface area contributed by atoms with E-state index in [0.717, 1.165) is 30.5 Å². The van der Waals surface area contributed by atoms with Crippen LogP contribution in [-0.4, -0.2) is 41.7 Å². The zero-order valence-corrected chi connectivity index (χ0v) is 16.5. The molecule has 0 saturated carbocycles. The Bertz CT molecular complexity index is 1080. The molecule has 2 aromatic carbocycles.